The molecular formula is C7H10N2. The van der Waals surface area contributed by atoms with E-state index in [2.05, 4.69) is 4.79 Å². The zero-order valence-electron chi connectivity index (χ0n) is 5.38. The molecule has 2 aliphatic carbocycles. The van der Waals surface area contributed by atoms with Gasteiger partial charge in [0.05, 0.1) is 5.92 Å². The molecule has 48 valence electrons. The number of hydrogen-bond acceptors (Lipinski definition) is 0. The van der Waals surface area contributed by atoms with Gasteiger partial charge in [-0.3, -0.25) is 0 Å². The molecule has 0 heterocycles. The molecule has 2 rings (SSSR count). The maximum atomic E-state index is 8.48. The van der Waals surface area contributed by atoms with E-state index in [0.29, 0.717) is 5.92 Å². The van der Waals surface area contributed by atoms with E-state index in [0.717, 1.165) is 18.1 Å². The van der Waals surface area contributed by atoms with Crippen LogP contribution in [0.5, 0.6) is 0 Å². The van der Waals surface area contributed by atoms with E-state index in [1.165, 1.54) is 19.3 Å². The van der Waals surface area contributed by atoms with Crippen LogP contribution in [-0.2, 0) is 0 Å². The predicted octanol–water partition coefficient (Wildman–Crippen LogP) is 1.48. The average Bonchev–Trinajstić information content (AvgIpc) is 2.45. The topological polar surface area (TPSA) is 36.4 Å². The second kappa shape index (κ2) is 1.68. The lowest BCUT2D eigenvalue weighted by molar-refractivity contribution is -0.0147. The fourth-order valence-electron chi connectivity index (χ4n) is 2.15. The normalized spacial score (nSPS) is 39.3. The lowest BCUT2D eigenvalue weighted by Crippen LogP contribution is -2.09. The van der Waals surface area contributed by atoms with Crippen LogP contribution in [0.3, 0.4) is 0 Å². The molecule has 2 fully saturated rings. The highest BCUT2D eigenvalue weighted by molar-refractivity contribution is 5.84. The van der Waals surface area contributed by atoms with Gasteiger partial charge in [0.1, 0.15) is 0 Å². The van der Waals surface area contributed by atoms with Crippen LogP contribution in [0.25, 0.3) is 5.53 Å². The van der Waals surface area contributed by atoms with Gasteiger partial charge in [-0.1, -0.05) is 0 Å². The summed E-state index contributed by atoms with van der Waals surface area (Å²) in [6.45, 7) is 0. The number of nitrogens with zero attached hydrogens (tertiary/aromatic N) is 2. The van der Waals surface area contributed by atoms with Crippen LogP contribution in [0.4, 0.5) is 0 Å². The second-order valence-corrected chi connectivity index (χ2v) is 3.17. The molecule has 2 nitrogen and oxygen atoms in total. The molecule has 0 saturated heterocycles. The molecule has 2 atom stereocenters. The quantitative estimate of drug-likeness (QED) is 0.344. The summed E-state index contributed by atoms with van der Waals surface area (Å²) >= 11 is 0. The Balaban J connectivity index is 2.28. The molecule has 0 spiro atoms. The zero-order valence-corrected chi connectivity index (χ0v) is 5.38. The standard InChI is InChI=1S/C7H10N2/c8-9-7-4-5-1-2-6(7)3-5/h5-6H,1-4H2. The molecule has 0 radical (unpaired) electrons. The highest BCUT2D eigenvalue weighted by Crippen LogP contribution is 2.41. The number of fused-ring (bicyclic) bond motifs is 2. The summed E-state index contributed by atoms with van der Waals surface area (Å²) in [5, 5.41) is 0. The summed E-state index contributed by atoms with van der Waals surface area (Å²) < 4.78 is 0. The number of hydrogen-bond donors (Lipinski definition) is 0. The Hall–Kier alpha value is -0.620. The Labute approximate surface area is 54.5 Å². The van der Waals surface area contributed by atoms with Gasteiger partial charge in [0, 0.05) is 6.42 Å². The third kappa shape index (κ3) is 0.632. The molecule has 2 bridgehead atoms. The summed E-state index contributed by atoms with van der Waals surface area (Å²) in [6, 6.07) is 0. The highest BCUT2D eigenvalue weighted by atomic mass is 14.9. The van der Waals surface area contributed by atoms with Crippen LogP contribution in [0.15, 0.2) is 0 Å². The third-order valence-electron chi connectivity index (χ3n) is 2.64. The molecule has 2 saturated carbocycles. The molecule has 0 aromatic heterocycles. The molecule has 0 N–H and O–H groups in total. The molecule has 2 aliphatic rings. The van der Waals surface area contributed by atoms with Crippen molar-refractivity contribution in [3.8, 4) is 0 Å². The van der Waals surface area contributed by atoms with Gasteiger partial charge in [0.2, 0.25) is 0 Å². The first kappa shape index (κ1) is 5.19. The van der Waals surface area contributed by atoms with E-state index in [-0.39, 0.29) is 0 Å². The van der Waals surface area contributed by atoms with E-state index in [4.69, 9.17) is 5.53 Å². The molecule has 0 aromatic carbocycles. The average molecular weight is 122 g/mol. The maximum Gasteiger partial charge on any atom is 0.272 e. The van der Waals surface area contributed by atoms with E-state index in [1.807, 2.05) is 0 Å². The Morgan fingerprint density at radius 2 is 2.33 bits per heavy atom. The van der Waals surface area contributed by atoms with Gasteiger partial charge in [0.15, 0.2) is 0 Å². The van der Waals surface area contributed by atoms with Gasteiger partial charge in [0.25, 0.3) is 5.71 Å². The Kier molecular flexibility index (Phi) is 0.967. The van der Waals surface area contributed by atoms with Crippen molar-refractivity contribution in [3.05, 3.63) is 5.53 Å². The van der Waals surface area contributed by atoms with Crippen LogP contribution in [0.2, 0.25) is 0 Å². The summed E-state index contributed by atoms with van der Waals surface area (Å²) in [5.41, 5.74) is 9.54. The fraction of sp³-hybridized carbons (Fsp3) is 0.857. The van der Waals surface area contributed by atoms with Crippen molar-refractivity contribution in [2.75, 3.05) is 0 Å². The summed E-state index contributed by atoms with van der Waals surface area (Å²) in [5.74, 6) is 1.51. The smallest absolute Gasteiger partial charge is 0.272 e. The van der Waals surface area contributed by atoms with Crippen LogP contribution < -0.4 is 0 Å². The van der Waals surface area contributed by atoms with Gasteiger partial charge in [-0.15, -0.1) is 0 Å². The van der Waals surface area contributed by atoms with Crippen molar-refractivity contribution >= 4 is 5.71 Å². The molecule has 9 heavy (non-hydrogen) atoms. The summed E-state index contributed by atoms with van der Waals surface area (Å²) in [7, 11) is 0. The van der Waals surface area contributed by atoms with E-state index in [9.17, 15) is 0 Å². The SMILES string of the molecule is [N-]=[N+]=C1CC2CCC1C2. The van der Waals surface area contributed by atoms with Crippen molar-refractivity contribution in [2.45, 2.75) is 25.7 Å². The molecule has 0 aliphatic heterocycles. The number of rotatable bonds is 0. The van der Waals surface area contributed by atoms with Crippen LogP contribution >= 0.6 is 0 Å². The van der Waals surface area contributed by atoms with Crippen molar-refractivity contribution in [3.63, 3.8) is 0 Å². The molecule has 2 unspecified atom stereocenters. The van der Waals surface area contributed by atoms with Gasteiger partial charge in [-0.25, -0.2) is 0 Å². The fourth-order valence-corrected chi connectivity index (χ4v) is 2.15. The van der Waals surface area contributed by atoms with E-state index < -0.39 is 0 Å². The van der Waals surface area contributed by atoms with Crippen LogP contribution in [0.1, 0.15) is 25.7 Å². The van der Waals surface area contributed by atoms with E-state index in [1.54, 1.807) is 0 Å². The molecule has 0 aromatic rings. The Morgan fingerprint density at radius 3 is 2.67 bits per heavy atom. The Morgan fingerprint density at radius 1 is 1.44 bits per heavy atom. The minimum atomic E-state index is 0.653. The highest BCUT2D eigenvalue weighted by Gasteiger charge is 2.41. The van der Waals surface area contributed by atoms with Crippen molar-refractivity contribution in [2.24, 2.45) is 11.8 Å². The second-order valence-electron chi connectivity index (χ2n) is 3.17. The van der Waals surface area contributed by atoms with Gasteiger partial charge in [-0.2, -0.15) is 4.79 Å². The molecular weight excluding hydrogens is 112 g/mol. The van der Waals surface area contributed by atoms with Crippen LogP contribution in [0, 0.1) is 11.8 Å². The maximum absolute atomic E-state index is 8.48. The molecule has 0 amide bonds. The lowest BCUT2D eigenvalue weighted by atomic mass is 9.99. The van der Waals surface area contributed by atoms with Crippen LogP contribution in [-0.4, -0.2) is 10.5 Å². The van der Waals surface area contributed by atoms with Crippen molar-refractivity contribution < 1.29 is 4.79 Å². The lowest BCUT2D eigenvalue weighted by Gasteiger charge is -2.01. The van der Waals surface area contributed by atoms with Gasteiger partial charge < -0.3 is 5.53 Å². The van der Waals surface area contributed by atoms with Gasteiger partial charge >= 0.3 is 0 Å². The molecule has 2 heteroatoms. The first-order chi connectivity index (χ1) is 4.40. The largest absolute Gasteiger partial charge is 0.362 e. The monoisotopic (exact) mass is 122 g/mol. The predicted molar refractivity (Wildman–Crippen MR) is 34.1 cm³/mol. The summed E-state index contributed by atoms with van der Waals surface area (Å²) in [6.07, 6.45) is 4.99. The minimum absolute atomic E-state index is 0.653. The van der Waals surface area contributed by atoms with Crippen molar-refractivity contribution in [1.82, 2.24) is 0 Å². The van der Waals surface area contributed by atoms with E-state index >= 15 is 0 Å². The van der Waals surface area contributed by atoms with Crippen molar-refractivity contribution in [1.29, 1.82) is 0 Å². The minimum Gasteiger partial charge on any atom is -0.362 e. The zero-order chi connectivity index (χ0) is 6.27. The third-order valence-corrected chi connectivity index (χ3v) is 2.64. The Bertz CT molecular complexity index is 179. The summed E-state index contributed by atoms with van der Waals surface area (Å²) in [4.78, 5) is 3.29. The first-order valence-corrected chi connectivity index (χ1v) is 3.61. The first-order valence-electron chi connectivity index (χ1n) is 3.61. The van der Waals surface area contributed by atoms with Gasteiger partial charge in [-0.05, 0) is 25.2 Å².